The maximum Gasteiger partial charge on any atom is 0.0494 e. The van der Waals surface area contributed by atoms with Gasteiger partial charge in [0.2, 0.25) is 0 Å². The Morgan fingerprint density at radius 3 is 2.38 bits per heavy atom. The summed E-state index contributed by atoms with van der Waals surface area (Å²) in [7, 11) is 0. The summed E-state index contributed by atoms with van der Waals surface area (Å²) >= 11 is 0. The molecule has 0 aliphatic carbocycles. The van der Waals surface area contributed by atoms with Crippen molar-refractivity contribution in [1.29, 1.82) is 0 Å². The number of piperazine rings is 1. The number of rotatable bonds is 4. The number of benzene rings is 2. The average Bonchev–Trinajstić information content (AvgIpc) is 2.67. The van der Waals surface area contributed by atoms with E-state index in [1.165, 1.54) is 22.2 Å². The molecule has 0 N–H and O–H groups in total. The van der Waals surface area contributed by atoms with Crippen LogP contribution in [0.2, 0.25) is 0 Å². The Bertz CT molecular complexity index is 787. The Morgan fingerprint density at radius 2 is 1.54 bits per heavy atom. The van der Waals surface area contributed by atoms with Crippen molar-refractivity contribution in [2.24, 2.45) is 0 Å². The smallest absolute Gasteiger partial charge is 0.0494 e. The summed E-state index contributed by atoms with van der Waals surface area (Å²) in [4.78, 5) is 9.65. The molecule has 0 unspecified atom stereocenters. The molecule has 0 amide bonds. The highest BCUT2D eigenvalue weighted by Gasteiger charge is 2.17. The fourth-order valence-corrected chi connectivity index (χ4v) is 3.51. The van der Waals surface area contributed by atoms with Crippen molar-refractivity contribution in [3.05, 3.63) is 72.6 Å². The van der Waals surface area contributed by atoms with Gasteiger partial charge in [-0.2, -0.15) is 0 Å². The molecule has 0 bridgehead atoms. The fraction of sp³-hybridized carbons (Fsp3) is 0.286. The van der Waals surface area contributed by atoms with Crippen LogP contribution in [0.15, 0.2) is 66.9 Å². The minimum atomic E-state index is 1.02. The first kappa shape index (κ1) is 15.2. The van der Waals surface area contributed by atoms with Crippen LogP contribution in [0.3, 0.4) is 0 Å². The zero-order chi connectivity index (χ0) is 16.2. The van der Waals surface area contributed by atoms with Gasteiger partial charge in [0.15, 0.2) is 0 Å². The quantitative estimate of drug-likeness (QED) is 0.733. The molecule has 0 atom stereocenters. The minimum Gasteiger partial charge on any atom is -0.369 e. The molecule has 4 rings (SSSR count). The van der Waals surface area contributed by atoms with Gasteiger partial charge < -0.3 is 4.90 Å². The standard InChI is InChI=1S/C21H23N3/c1-2-7-19(8-3-1)24-16-14-23(15-17-24)13-11-21-20-9-5-4-6-18(20)10-12-22-21/h1-10,12H,11,13-17H2. The summed E-state index contributed by atoms with van der Waals surface area (Å²) in [5, 5.41) is 2.58. The third kappa shape index (κ3) is 3.26. The summed E-state index contributed by atoms with van der Waals surface area (Å²) in [6, 6.07) is 21.4. The molecule has 0 spiro atoms. The van der Waals surface area contributed by atoms with Gasteiger partial charge in [0.25, 0.3) is 0 Å². The monoisotopic (exact) mass is 317 g/mol. The van der Waals surface area contributed by atoms with Gasteiger partial charge in [0.1, 0.15) is 0 Å². The number of anilines is 1. The van der Waals surface area contributed by atoms with E-state index in [9.17, 15) is 0 Å². The first-order chi connectivity index (χ1) is 11.9. The molecule has 1 saturated heterocycles. The number of nitrogens with zero attached hydrogens (tertiary/aromatic N) is 3. The highest BCUT2D eigenvalue weighted by atomic mass is 15.3. The largest absolute Gasteiger partial charge is 0.369 e. The van der Waals surface area contributed by atoms with E-state index in [1.807, 2.05) is 6.20 Å². The van der Waals surface area contributed by atoms with Gasteiger partial charge in [-0.05, 0) is 23.6 Å². The van der Waals surface area contributed by atoms with Crippen molar-refractivity contribution < 1.29 is 0 Å². The maximum absolute atomic E-state index is 4.62. The molecule has 0 saturated carbocycles. The van der Waals surface area contributed by atoms with Crippen LogP contribution < -0.4 is 4.90 Å². The SMILES string of the molecule is c1ccc(N2CCN(CCc3nccc4ccccc34)CC2)cc1. The molecule has 3 heteroatoms. The summed E-state index contributed by atoms with van der Waals surface area (Å²) < 4.78 is 0. The van der Waals surface area contributed by atoms with Gasteiger partial charge in [-0.25, -0.2) is 0 Å². The summed E-state index contributed by atoms with van der Waals surface area (Å²) in [6.45, 7) is 5.54. The first-order valence-corrected chi connectivity index (χ1v) is 8.75. The van der Waals surface area contributed by atoms with Crippen molar-refractivity contribution in [1.82, 2.24) is 9.88 Å². The number of para-hydroxylation sites is 1. The number of hydrogen-bond donors (Lipinski definition) is 0. The third-order valence-corrected chi connectivity index (χ3v) is 4.91. The molecular formula is C21H23N3. The lowest BCUT2D eigenvalue weighted by Crippen LogP contribution is -2.47. The molecule has 0 radical (unpaired) electrons. The summed E-state index contributed by atoms with van der Waals surface area (Å²) in [5.74, 6) is 0. The molecule has 1 aliphatic rings. The van der Waals surface area contributed by atoms with Gasteiger partial charge in [-0.3, -0.25) is 9.88 Å². The van der Waals surface area contributed by atoms with E-state index in [-0.39, 0.29) is 0 Å². The van der Waals surface area contributed by atoms with Gasteiger partial charge >= 0.3 is 0 Å². The lowest BCUT2D eigenvalue weighted by molar-refractivity contribution is 0.260. The molecule has 3 nitrogen and oxygen atoms in total. The molecule has 1 aliphatic heterocycles. The van der Waals surface area contributed by atoms with Crippen LogP contribution in [0.1, 0.15) is 5.69 Å². The molecule has 3 aromatic rings. The minimum absolute atomic E-state index is 1.02. The van der Waals surface area contributed by atoms with E-state index in [0.29, 0.717) is 0 Å². The number of fused-ring (bicyclic) bond motifs is 1. The van der Waals surface area contributed by atoms with Crippen LogP contribution in [0.25, 0.3) is 10.8 Å². The second kappa shape index (κ2) is 7.02. The maximum atomic E-state index is 4.62. The van der Waals surface area contributed by atoms with Crippen molar-refractivity contribution in [2.45, 2.75) is 6.42 Å². The van der Waals surface area contributed by atoms with Crippen molar-refractivity contribution >= 4 is 16.5 Å². The van der Waals surface area contributed by atoms with Crippen LogP contribution >= 0.6 is 0 Å². The van der Waals surface area contributed by atoms with Crippen molar-refractivity contribution in [2.75, 3.05) is 37.6 Å². The normalized spacial score (nSPS) is 15.8. The topological polar surface area (TPSA) is 19.4 Å². The number of hydrogen-bond acceptors (Lipinski definition) is 3. The molecule has 24 heavy (non-hydrogen) atoms. The second-order valence-corrected chi connectivity index (χ2v) is 6.39. The van der Waals surface area contributed by atoms with E-state index in [1.54, 1.807) is 0 Å². The predicted octanol–water partition coefficient (Wildman–Crippen LogP) is 3.60. The van der Waals surface area contributed by atoms with E-state index in [0.717, 1.165) is 39.1 Å². The third-order valence-electron chi connectivity index (χ3n) is 4.91. The summed E-state index contributed by atoms with van der Waals surface area (Å²) in [6.07, 6.45) is 2.96. The Kier molecular flexibility index (Phi) is 4.43. The zero-order valence-electron chi connectivity index (χ0n) is 13.9. The average molecular weight is 317 g/mol. The highest BCUT2D eigenvalue weighted by Crippen LogP contribution is 2.18. The van der Waals surface area contributed by atoms with Gasteiger partial charge in [0, 0.05) is 62.1 Å². The van der Waals surface area contributed by atoms with E-state index < -0.39 is 0 Å². The van der Waals surface area contributed by atoms with Crippen LogP contribution in [-0.4, -0.2) is 42.6 Å². The lowest BCUT2D eigenvalue weighted by Gasteiger charge is -2.36. The molecule has 122 valence electrons. The van der Waals surface area contributed by atoms with Gasteiger partial charge in [0.05, 0.1) is 0 Å². The highest BCUT2D eigenvalue weighted by molar-refractivity contribution is 5.84. The van der Waals surface area contributed by atoms with E-state index in [2.05, 4.69) is 75.4 Å². The van der Waals surface area contributed by atoms with Gasteiger partial charge in [-0.15, -0.1) is 0 Å². The number of aromatic nitrogens is 1. The van der Waals surface area contributed by atoms with Gasteiger partial charge in [-0.1, -0.05) is 42.5 Å². The zero-order valence-corrected chi connectivity index (χ0v) is 13.9. The first-order valence-electron chi connectivity index (χ1n) is 8.75. The Morgan fingerprint density at radius 1 is 0.792 bits per heavy atom. The Labute approximate surface area is 143 Å². The van der Waals surface area contributed by atoms with Crippen LogP contribution in [0.4, 0.5) is 5.69 Å². The van der Waals surface area contributed by atoms with Crippen molar-refractivity contribution in [3.63, 3.8) is 0 Å². The Balaban J connectivity index is 1.36. The lowest BCUT2D eigenvalue weighted by atomic mass is 10.1. The van der Waals surface area contributed by atoms with Crippen LogP contribution in [0, 0.1) is 0 Å². The molecule has 1 fully saturated rings. The van der Waals surface area contributed by atoms with Crippen LogP contribution in [-0.2, 0) is 6.42 Å². The van der Waals surface area contributed by atoms with E-state index in [4.69, 9.17) is 0 Å². The van der Waals surface area contributed by atoms with E-state index >= 15 is 0 Å². The second-order valence-electron chi connectivity index (χ2n) is 6.39. The number of pyridine rings is 1. The summed E-state index contributed by atoms with van der Waals surface area (Å²) in [5.41, 5.74) is 2.56. The van der Waals surface area contributed by atoms with Crippen LogP contribution in [0.5, 0.6) is 0 Å². The fourth-order valence-electron chi connectivity index (χ4n) is 3.51. The predicted molar refractivity (Wildman–Crippen MR) is 101 cm³/mol. The molecule has 2 aromatic carbocycles. The molecule has 2 heterocycles. The Hall–Kier alpha value is -2.39. The van der Waals surface area contributed by atoms with Crippen molar-refractivity contribution in [3.8, 4) is 0 Å². The molecular weight excluding hydrogens is 294 g/mol. The molecule has 1 aromatic heterocycles.